The minimum absolute atomic E-state index is 0.663. The molecular weight excluding hydrogens is 276 g/mol. The second-order valence-electron chi connectivity index (χ2n) is 5.43. The van der Waals surface area contributed by atoms with E-state index in [0.29, 0.717) is 11.9 Å². The molecule has 3 rings (SSSR count). The molecule has 5 heteroatoms. The van der Waals surface area contributed by atoms with Crippen molar-refractivity contribution < 1.29 is 4.42 Å². The van der Waals surface area contributed by atoms with Crippen LogP contribution in [0.5, 0.6) is 0 Å². The van der Waals surface area contributed by atoms with Gasteiger partial charge in [0.2, 0.25) is 5.89 Å². The van der Waals surface area contributed by atoms with Crippen LogP contribution in [0, 0.1) is 0 Å². The van der Waals surface area contributed by atoms with Gasteiger partial charge in [0.05, 0.1) is 0 Å². The molecule has 22 heavy (non-hydrogen) atoms. The standard InChI is InChI=1S/C17H22N4O/c1-2-16-18-19-17(22-16)21-13-11-20(12-14-21)10-6-9-15-7-4-3-5-8-15/h3-9H,2,10-14H2,1H3. The first-order valence-electron chi connectivity index (χ1n) is 7.86. The zero-order chi connectivity index (χ0) is 15.2. The molecular formula is C17H22N4O. The third kappa shape index (κ3) is 3.74. The van der Waals surface area contributed by atoms with Gasteiger partial charge in [-0.3, -0.25) is 4.90 Å². The lowest BCUT2D eigenvalue weighted by molar-refractivity contribution is 0.277. The fraction of sp³-hybridized carbons (Fsp3) is 0.412. The molecule has 1 aromatic heterocycles. The van der Waals surface area contributed by atoms with Crippen molar-refractivity contribution in [1.82, 2.24) is 15.1 Å². The van der Waals surface area contributed by atoms with E-state index in [1.54, 1.807) is 0 Å². The summed E-state index contributed by atoms with van der Waals surface area (Å²) in [4.78, 5) is 4.61. The summed E-state index contributed by atoms with van der Waals surface area (Å²) in [5, 5.41) is 8.14. The van der Waals surface area contributed by atoms with Crippen molar-refractivity contribution in [1.29, 1.82) is 0 Å². The SMILES string of the molecule is CCc1nnc(N2CCN(CC=Cc3ccccc3)CC2)o1. The van der Waals surface area contributed by atoms with E-state index in [0.717, 1.165) is 39.1 Å². The Bertz CT molecular complexity index is 600. The highest BCUT2D eigenvalue weighted by Crippen LogP contribution is 2.15. The van der Waals surface area contributed by atoms with Gasteiger partial charge in [0.1, 0.15) is 0 Å². The van der Waals surface area contributed by atoms with Gasteiger partial charge < -0.3 is 9.32 Å². The van der Waals surface area contributed by atoms with Crippen LogP contribution in [-0.4, -0.2) is 47.8 Å². The topological polar surface area (TPSA) is 45.4 Å². The minimum Gasteiger partial charge on any atom is -0.408 e. The molecule has 0 aliphatic carbocycles. The van der Waals surface area contributed by atoms with Crippen molar-refractivity contribution in [3.8, 4) is 0 Å². The number of rotatable bonds is 5. The van der Waals surface area contributed by atoms with E-state index in [-0.39, 0.29) is 0 Å². The molecule has 0 radical (unpaired) electrons. The van der Waals surface area contributed by atoms with E-state index in [2.05, 4.69) is 56.4 Å². The van der Waals surface area contributed by atoms with Gasteiger partial charge in [-0.2, -0.15) is 0 Å². The number of aromatic nitrogens is 2. The highest BCUT2D eigenvalue weighted by atomic mass is 16.4. The summed E-state index contributed by atoms with van der Waals surface area (Å²) in [5.41, 5.74) is 1.25. The van der Waals surface area contributed by atoms with Gasteiger partial charge in [-0.25, -0.2) is 0 Å². The van der Waals surface area contributed by atoms with Crippen molar-refractivity contribution in [2.24, 2.45) is 0 Å². The maximum atomic E-state index is 5.62. The summed E-state index contributed by atoms with van der Waals surface area (Å²) in [6, 6.07) is 11.1. The second kappa shape index (κ2) is 7.22. The summed E-state index contributed by atoms with van der Waals surface area (Å²) < 4.78 is 5.62. The highest BCUT2D eigenvalue weighted by Gasteiger charge is 2.20. The highest BCUT2D eigenvalue weighted by molar-refractivity contribution is 5.48. The van der Waals surface area contributed by atoms with Gasteiger partial charge in [0.15, 0.2) is 0 Å². The normalized spacial score (nSPS) is 16.5. The summed E-state index contributed by atoms with van der Waals surface area (Å²) >= 11 is 0. The van der Waals surface area contributed by atoms with E-state index in [1.807, 2.05) is 13.0 Å². The van der Waals surface area contributed by atoms with Crippen LogP contribution < -0.4 is 4.90 Å². The third-order valence-corrected chi connectivity index (χ3v) is 3.87. The number of piperazine rings is 1. The molecule has 2 heterocycles. The van der Waals surface area contributed by atoms with Crippen LogP contribution >= 0.6 is 0 Å². The number of nitrogens with zero attached hydrogens (tertiary/aromatic N) is 4. The first kappa shape index (κ1) is 14.8. The number of hydrogen-bond donors (Lipinski definition) is 0. The quantitative estimate of drug-likeness (QED) is 0.848. The zero-order valence-corrected chi connectivity index (χ0v) is 13.0. The largest absolute Gasteiger partial charge is 0.408 e. The maximum Gasteiger partial charge on any atom is 0.318 e. The lowest BCUT2D eigenvalue weighted by Gasteiger charge is -2.32. The van der Waals surface area contributed by atoms with Gasteiger partial charge in [-0.15, -0.1) is 5.10 Å². The van der Waals surface area contributed by atoms with Crippen LogP contribution in [0.4, 0.5) is 6.01 Å². The van der Waals surface area contributed by atoms with Crippen LogP contribution in [0.25, 0.3) is 6.08 Å². The Kier molecular flexibility index (Phi) is 4.85. The van der Waals surface area contributed by atoms with Crippen LogP contribution in [0.15, 0.2) is 40.8 Å². The Hall–Kier alpha value is -2.14. The van der Waals surface area contributed by atoms with E-state index >= 15 is 0 Å². The number of hydrogen-bond acceptors (Lipinski definition) is 5. The molecule has 1 fully saturated rings. The molecule has 1 saturated heterocycles. The van der Waals surface area contributed by atoms with E-state index in [9.17, 15) is 0 Å². The van der Waals surface area contributed by atoms with Crippen LogP contribution in [0.2, 0.25) is 0 Å². The Balaban J connectivity index is 1.46. The molecule has 5 nitrogen and oxygen atoms in total. The summed E-state index contributed by atoms with van der Waals surface area (Å²) in [7, 11) is 0. The zero-order valence-electron chi connectivity index (χ0n) is 13.0. The molecule has 0 saturated carbocycles. The van der Waals surface area contributed by atoms with Crippen LogP contribution in [-0.2, 0) is 6.42 Å². The molecule has 2 aromatic rings. The molecule has 0 bridgehead atoms. The molecule has 1 aliphatic rings. The molecule has 0 spiro atoms. The van der Waals surface area contributed by atoms with Crippen molar-refractivity contribution in [2.45, 2.75) is 13.3 Å². The molecule has 1 aliphatic heterocycles. The van der Waals surface area contributed by atoms with E-state index in [1.165, 1.54) is 5.56 Å². The molecule has 0 atom stereocenters. The van der Waals surface area contributed by atoms with Gasteiger partial charge in [0, 0.05) is 39.1 Å². The van der Waals surface area contributed by atoms with Gasteiger partial charge in [-0.05, 0) is 5.56 Å². The van der Waals surface area contributed by atoms with E-state index < -0.39 is 0 Å². The Labute approximate surface area is 131 Å². The number of aryl methyl sites for hydroxylation is 1. The predicted octanol–water partition coefficient (Wildman–Crippen LogP) is 2.47. The van der Waals surface area contributed by atoms with Crippen LogP contribution in [0.3, 0.4) is 0 Å². The number of benzene rings is 1. The molecule has 0 amide bonds. The average Bonchev–Trinajstić information content (AvgIpc) is 3.06. The summed E-state index contributed by atoms with van der Waals surface area (Å²) in [6.45, 7) is 6.90. The van der Waals surface area contributed by atoms with Gasteiger partial charge in [-0.1, -0.05) is 54.5 Å². The Morgan fingerprint density at radius 2 is 1.86 bits per heavy atom. The molecule has 0 unspecified atom stereocenters. The molecule has 116 valence electrons. The fourth-order valence-electron chi connectivity index (χ4n) is 2.54. The molecule has 1 aromatic carbocycles. The number of anilines is 1. The first-order chi connectivity index (χ1) is 10.8. The first-order valence-corrected chi connectivity index (χ1v) is 7.86. The van der Waals surface area contributed by atoms with Gasteiger partial charge >= 0.3 is 6.01 Å². The van der Waals surface area contributed by atoms with Crippen molar-refractivity contribution in [3.05, 3.63) is 47.9 Å². The summed E-state index contributed by atoms with van der Waals surface area (Å²) in [5.74, 6) is 0.711. The lowest BCUT2D eigenvalue weighted by Crippen LogP contribution is -2.46. The summed E-state index contributed by atoms with van der Waals surface area (Å²) in [6.07, 6.45) is 5.20. The monoisotopic (exact) mass is 298 g/mol. The maximum absolute atomic E-state index is 5.62. The van der Waals surface area contributed by atoms with Crippen LogP contribution in [0.1, 0.15) is 18.4 Å². The second-order valence-corrected chi connectivity index (χ2v) is 5.43. The van der Waals surface area contributed by atoms with Crippen molar-refractivity contribution >= 4 is 12.1 Å². The predicted molar refractivity (Wildman–Crippen MR) is 87.8 cm³/mol. The van der Waals surface area contributed by atoms with Gasteiger partial charge in [0.25, 0.3) is 0 Å². The molecule has 0 N–H and O–H groups in total. The van der Waals surface area contributed by atoms with Crippen molar-refractivity contribution in [3.63, 3.8) is 0 Å². The fourth-order valence-corrected chi connectivity index (χ4v) is 2.54. The smallest absolute Gasteiger partial charge is 0.318 e. The van der Waals surface area contributed by atoms with E-state index in [4.69, 9.17) is 4.42 Å². The Morgan fingerprint density at radius 3 is 2.55 bits per heavy atom. The lowest BCUT2D eigenvalue weighted by atomic mass is 10.2. The average molecular weight is 298 g/mol. The third-order valence-electron chi connectivity index (χ3n) is 3.87. The van der Waals surface area contributed by atoms with Crippen molar-refractivity contribution in [2.75, 3.05) is 37.6 Å². The Morgan fingerprint density at radius 1 is 1.09 bits per heavy atom. The minimum atomic E-state index is 0.663.